The average molecular weight is 448 g/mol. The van der Waals surface area contributed by atoms with Gasteiger partial charge in [0.1, 0.15) is 11.9 Å². The van der Waals surface area contributed by atoms with E-state index in [0.29, 0.717) is 26.1 Å². The van der Waals surface area contributed by atoms with Crippen molar-refractivity contribution in [3.63, 3.8) is 0 Å². The molecule has 1 aliphatic rings. The molecule has 1 aromatic heterocycles. The Morgan fingerprint density at radius 3 is 2.88 bits per heavy atom. The number of esters is 1. The number of fused-ring (bicyclic) bond motifs is 1. The summed E-state index contributed by atoms with van der Waals surface area (Å²) < 4.78 is 5.22. The van der Waals surface area contributed by atoms with Crippen molar-refractivity contribution in [3.8, 4) is 0 Å². The predicted octanol–water partition coefficient (Wildman–Crippen LogP) is 2.26. The number of hydrogen-bond acceptors (Lipinski definition) is 7. The second-order valence-corrected chi connectivity index (χ2v) is 8.54. The Morgan fingerprint density at radius 2 is 2.09 bits per heavy atom. The summed E-state index contributed by atoms with van der Waals surface area (Å²) in [7, 11) is 0. The molecule has 0 aliphatic carbocycles. The van der Waals surface area contributed by atoms with Gasteiger partial charge in [-0.05, 0) is 63.1 Å². The number of nitrogens with one attached hydrogen (secondary N) is 2. The molecule has 1 aliphatic heterocycles. The van der Waals surface area contributed by atoms with Crippen LogP contribution in [0.3, 0.4) is 0 Å². The van der Waals surface area contributed by atoms with Crippen LogP contribution in [0.25, 0.3) is 0 Å². The molecular formula is C24H41N5O3. The summed E-state index contributed by atoms with van der Waals surface area (Å²) in [5, 5.41) is 6.24. The van der Waals surface area contributed by atoms with Gasteiger partial charge >= 0.3 is 5.97 Å². The lowest BCUT2D eigenvalue weighted by molar-refractivity contribution is -0.145. The minimum absolute atomic E-state index is 0.0340. The number of nitrogens with zero attached hydrogens (tertiary/aromatic N) is 2. The van der Waals surface area contributed by atoms with Gasteiger partial charge < -0.3 is 26.0 Å². The van der Waals surface area contributed by atoms with E-state index in [1.165, 1.54) is 18.9 Å². The Kier molecular flexibility index (Phi) is 12.0. The second-order valence-electron chi connectivity index (χ2n) is 8.54. The standard InChI is InChI=1S/C24H41N5O3/c1-3-4-18-32-24(31)22(25)12-16-29(17-14-26-19(2)30)15-6-5-9-21-11-10-20-8-7-13-27-23(20)28-21/h10-11,22H,3-9,12-18,25H2,1-2H3,(H,26,30)(H,27,28). The number of ether oxygens (including phenoxy) is 1. The van der Waals surface area contributed by atoms with Gasteiger partial charge in [-0.1, -0.05) is 19.4 Å². The number of rotatable bonds is 15. The Balaban J connectivity index is 1.75. The van der Waals surface area contributed by atoms with Crippen LogP contribution in [0.15, 0.2) is 12.1 Å². The second kappa shape index (κ2) is 14.8. The van der Waals surface area contributed by atoms with Gasteiger partial charge in [0.2, 0.25) is 5.91 Å². The van der Waals surface area contributed by atoms with Crippen LogP contribution in [0.4, 0.5) is 5.82 Å². The smallest absolute Gasteiger partial charge is 0.322 e. The number of unbranched alkanes of at least 4 members (excludes halogenated alkanes) is 2. The van der Waals surface area contributed by atoms with Crippen molar-refractivity contribution in [3.05, 3.63) is 23.4 Å². The van der Waals surface area contributed by atoms with E-state index in [-0.39, 0.29) is 11.9 Å². The third-order valence-corrected chi connectivity index (χ3v) is 5.71. The molecule has 8 heteroatoms. The Bertz CT molecular complexity index is 713. The van der Waals surface area contributed by atoms with E-state index in [9.17, 15) is 9.59 Å². The number of aromatic nitrogens is 1. The SMILES string of the molecule is CCCCOC(=O)C(N)CCN(CCCCc1ccc2c(n1)NCCC2)CCNC(C)=O. The normalized spacial score (nSPS) is 13.9. The fraction of sp³-hybridized carbons (Fsp3) is 0.708. The number of aryl methyl sites for hydroxylation is 2. The molecule has 32 heavy (non-hydrogen) atoms. The lowest BCUT2D eigenvalue weighted by Crippen LogP contribution is -2.40. The molecule has 0 aromatic carbocycles. The van der Waals surface area contributed by atoms with Gasteiger partial charge in [-0.15, -0.1) is 0 Å². The van der Waals surface area contributed by atoms with E-state index in [4.69, 9.17) is 15.5 Å². The summed E-state index contributed by atoms with van der Waals surface area (Å²) in [6.07, 6.45) is 7.65. The van der Waals surface area contributed by atoms with Gasteiger partial charge in [0.05, 0.1) is 6.61 Å². The monoisotopic (exact) mass is 447 g/mol. The first-order valence-corrected chi connectivity index (χ1v) is 12.1. The molecule has 2 rings (SSSR count). The minimum atomic E-state index is -0.609. The topological polar surface area (TPSA) is 110 Å². The van der Waals surface area contributed by atoms with E-state index >= 15 is 0 Å². The largest absolute Gasteiger partial charge is 0.465 e. The summed E-state index contributed by atoms with van der Waals surface area (Å²) in [4.78, 5) is 30.2. The maximum Gasteiger partial charge on any atom is 0.322 e. The number of anilines is 1. The van der Waals surface area contributed by atoms with Gasteiger partial charge in [-0.25, -0.2) is 4.98 Å². The van der Waals surface area contributed by atoms with Gasteiger partial charge in [0.25, 0.3) is 0 Å². The molecule has 8 nitrogen and oxygen atoms in total. The van der Waals surface area contributed by atoms with Gasteiger partial charge in [-0.3, -0.25) is 9.59 Å². The van der Waals surface area contributed by atoms with Gasteiger partial charge in [-0.2, -0.15) is 0 Å². The first-order valence-electron chi connectivity index (χ1n) is 12.1. The van der Waals surface area contributed by atoms with E-state index in [0.717, 1.165) is 69.7 Å². The molecule has 0 fully saturated rings. The predicted molar refractivity (Wildman–Crippen MR) is 128 cm³/mol. The van der Waals surface area contributed by atoms with E-state index in [1.807, 2.05) is 0 Å². The molecule has 0 saturated heterocycles. The zero-order valence-electron chi connectivity index (χ0n) is 19.8. The van der Waals surface area contributed by atoms with Crippen LogP contribution in [0.5, 0.6) is 0 Å². The number of nitrogens with two attached hydrogens (primary N) is 1. The van der Waals surface area contributed by atoms with Crippen LogP contribution >= 0.6 is 0 Å². The highest BCUT2D eigenvalue weighted by atomic mass is 16.5. The molecule has 0 bridgehead atoms. The minimum Gasteiger partial charge on any atom is -0.465 e. The number of pyridine rings is 1. The molecule has 0 saturated carbocycles. The molecule has 1 aromatic rings. The third kappa shape index (κ3) is 9.96. The summed E-state index contributed by atoms with van der Waals surface area (Å²) in [5.41, 5.74) is 8.46. The molecule has 1 atom stereocenters. The van der Waals surface area contributed by atoms with Crippen LogP contribution in [0.2, 0.25) is 0 Å². The summed E-state index contributed by atoms with van der Waals surface area (Å²) in [6.45, 7) is 7.92. The molecule has 180 valence electrons. The molecule has 1 unspecified atom stereocenters. The Labute approximate surface area is 192 Å². The van der Waals surface area contributed by atoms with Crippen molar-refractivity contribution in [2.75, 3.05) is 44.6 Å². The van der Waals surface area contributed by atoms with Crippen molar-refractivity contribution in [2.45, 2.75) is 71.3 Å². The molecule has 2 heterocycles. The van der Waals surface area contributed by atoms with E-state index < -0.39 is 6.04 Å². The maximum atomic E-state index is 12.0. The highest BCUT2D eigenvalue weighted by molar-refractivity contribution is 5.75. The summed E-state index contributed by atoms with van der Waals surface area (Å²) >= 11 is 0. The zero-order valence-corrected chi connectivity index (χ0v) is 19.8. The molecular weight excluding hydrogens is 406 g/mol. The highest BCUT2D eigenvalue weighted by Crippen LogP contribution is 2.20. The van der Waals surface area contributed by atoms with Gasteiger partial charge in [0, 0.05) is 38.8 Å². The van der Waals surface area contributed by atoms with Crippen molar-refractivity contribution < 1.29 is 14.3 Å². The number of hydrogen-bond donors (Lipinski definition) is 3. The maximum absolute atomic E-state index is 12.0. The molecule has 4 N–H and O–H groups in total. The lowest BCUT2D eigenvalue weighted by atomic mass is 10.1. The Hall–Kier alpha value is -2.19. The lowest BCUT2D eigenvalue weighted by Gasteiger charge is -2.24. The Morgan fingerprint density at radius 1 is 1.25 bits per heavy atom. The first kappa shape index (κ1) is 26.1. The van der Waals surface area contributed by atoms with Gasteiger partial charge in [0.15, 0.2) is 0 Å². The van der Waals surface area contributed by atoms with E-state index in [2.05, 4.69) is 34.6 Å². The van der Waals surface area contributed by atoms with Crippen molar-refractivity contribution >= 4 is 17.7 Å². The molecule has 0 radical (unpaired) electrons. The van der Waals surface area contributed by atoms with Crippen molar-refractivity contribution in [2.24, 2.45) is 5.73 Å². The number of amides is 1. The fourth-order valence-electron chi connectivity index (χ4n) is 3.74. The van der Waals surface area contributed by atoms with Crippen LogP contribution < -0.4 is 16.4 Å². The summed E-state index contributed by atoms with van der Waals surface area (Å²) in [6, 6.07) is 3.73. The average Bonchev–Trinajstić information content (AvgIpc) is 2.79. The van der Waals surface area contributed by atoms with Crippen LogP contribution in [-0.4, -0.2) is 67.1 Å². The van der Waals surface area contributed by atoms with Crippen LogP contribution in [0.1, 0.15) is 63.6 Å². The quantitative estimate of drug-likeness (QED) is 0.279. The van der Waals surface area contributed by atoms with Crippen LogP contribution in [0, 0.1) is 0 Å². The number of carbonyl (C=O) groups is 2. The molecule has 1 amide bonds. The van der Waals surface area contributed by atoms with Crippen molar-refractivity contribution in [1.29, 1.82) is 0 Å². The van der Waals surface area contributed by atoms with Crippen LogP contribution in [-0.2, 0) is 27.2 Å². The third-order valence-electron chi connectivity index (χ3n) is 5.71. The summed E-state index contributed by atoms with van der Waals surface area (Å²) in [5.74, 6) is 0.686. The zero-order chi connectivity index (χ0) is 23.2. The van der Waals surface area contributed by atoms with Crippen molar-refractivity contribution in [1.82, 2.24) is 15.2 Å². The molecule has 0 spiro atoms. The number of carbonyl (C=O) groups excluding carboxylic acids is 2. The fourth-order valence-corrected chi connectivity index (χ4v) is 3.74. The highest BCUT2D eigenvalue weighted by Gasteiger charge is 2.17. The first-order chi connectivity index (χ1) is 15.5. The van der Waals surface area contributed by atoms with E-state index in [1.54, 1.807) is 0 Å².